The normalized spacial score (nSPS) is 15.2. The molecule has 0 aliphatic heterocycles. The lowest BCUT2D eigenvalue weighted by Crippen LogP contribution is -2.40. The van der Waals surface area contributed by atoms with Gasteiger partial charge in [-0.1, -0.05) is 36.4 Å². The van der Waals surface area contributed by atoms with Gasteiger partial charge in [-0.25, -0.2) is 0 Å². The van der Waals surface area contributed by atoms with E-state index in [4.69, 9.17) is 4.74 Å². The summed E-state index contributed by atoms with van der Waals surface area (Å²) in [6, 6.07) is 14.5. The second kappa shape index (κ2) is 11.8. The van der Waals surface area contributed by atoms with Gasteiger partial charge in [0.1, 0.15) is 11.4 Å². The van der Waals surface area contributed by atoms with Gasteiger partial charge in [0.05, 0.1) is 7.11 Å². The number of nitrogens with one attached hydrogen (secondary N) is 2. The van der Waals surface area contributed by atoms with Crippen LogP contribution >= 0.6 is 0 Å². The molecular weight excluding hydrogens is 426 g/mol. The number of H-pyrrole nitrogens is 1. The summed E-state index contributed by atoms with van der Waals surface area (Å²) in [4.78, 5) is 15.1. The molecule has 1 heterocycles. The Morgan fingerprint density at radius 3 is 2.76 bits per heavy atom. The molecule has 0 unspecified atom stereocenters. The van der Waals surface area contributed by atoms with Gasteiger partial charge in [-0.2, -0.15) is 0 Å². The number of hydrogen-bond donors (Lipinski definition) is 2. The third kappa shape index (κ3) is 5.83. The Hall–Kier alpha value is -3.19. The van der Waals surface area contributed by atoms with Crippen molar-refractivity contribution in [1.29, 1.82) is 0 Å². The van der Waals surface area contributed by atoms with Crippen LogP contribution in [0.1, 0.15) is 54.1 Å². The highest BCUT2D eigenvalue weighted by atomic mass is 16.5. The van der Waals surface area contributed by atoms with Crippen molar-refractivity contribution in [1.82, 2.24) is 25.6 Å². The molecule has 3 aromatic rings. The summed E-state index contributed by atoms with van der Waals surface area (Å²) >= 11 is 0. The van der Waals surface area contributed by atoms with Crippen molar-refractivity contribution in [2.45, 2.75) is 51.5 Å². The van der Waals surface area contributed by atoms with E-state index in [9.17, 15) is 4.79 Å². The molecule has 2 aromatic carbocycles. The molecule has 0 fully saturated rings. The quantitative estimate of drug-likeness (QED) is 0.417. The summed E-state index contributed by atoms with van der Waals surface area (Å²) in [7, 11) is 1.76. The summed E-state index contributed by atoms with van der Waals surface area (Å²) in [6.07, 6.45) is 8.28. The van der Waals surface area contributed by atoms with Crippen LogP contribution in [0.4, 0.5) is 0 Å². The molecule has 0 saturated heterocycles. The first-order valence-electron chi connectivity index (χ1n) is 12.3. The second-order valence-corrected chi connectivity index (χ2v) is 8.93. The van der Waals surface area contributed by atoms with Crippen LogP contribution < -0.4 is 10.1 Å². The SMILES string of the molecule is CCCN(CCCCNC(=O)c1ccc(-c2c[nH]nn2)cc1)[C@@H]1CCc2c(cccc2OC)C1. The first-order chi connectivity index (χ1) is 16.7. The van der Waals surface area contributed by atoms with Gasteiger partial charge in [0.25, 0.3) is 5.91 Å². The summed E-state index contributed by atoms with van der Waals surface area (Å²) < 4.78 is 5.57. The van der Waals surface area contributed by atoms with E-state index in [-0.39, 0.29) is 5.91 Å². The van der Waals surface area contributed by atoms with Crippen molar-refractivity contribution in [3.63, 3.8) is 0 Å². The number of rotatable bonds is 11. The molecule has 180 valence electrons. The first-order valence-corrected chi connectivity index (χ1v) is 12.3. The first kappa shape index (κ1) is 24.0. The largest absolute Gasteiger partial charge is 0.496 e. The Bertz CT molecular complexity index is 1050. The van der Waals surface area contributed by atoms with Crippen LogP contribution in [0.5, 0.6) is 5.75 Å². The third-order valence-electron chi connectivity index (χ3n) is 6.68. The molecule has 1 aliphatic rings. The number of nitrogens with zero attached hydrogens (tertiary/aromatic N) is 3. The molecule has 1 aliphatic carbocycles. The van der Waals surface area contributed by atoms with Gasteiger partial charge in [0.15, 0.2) is 0 Å². The summed E-state index contributed by atoms with van der Waals surface area (Å²) in [5.74, 6) is 0.997. The molecule has 4 rings (SSSR count). The van der Waals surface area contributed by atoms with Crippen LogP contribution in [0.25, 0.3) is 11.3 Å². The topological polar surface area (TPSA) is 83.1 Å². The number of ether oxygens (including phenoxy) is 1. The van der Waals surface area contributed by atoms with Crippen molar-refractivity contribution in [2.24, 2.45) is 0 Å². The molecule has 0 spiro atoms. The Kier molecular flexibility index (Phi) is 8.31. The number of amides is 1. The predicted octanol–water partition coefficient (Wildman–Crippen LogP) is 4.26. The van der Waals surface area contributed by atoms with Crippen molar-refractivity contribution in [3.8, 4) is 17.0 Å². The maximum atomic E-state index is 12.5. The molecule has 1 atom stereocenters. The Morgan fingerprint density at radius 1 is 1.18 bits per heavy atom. The van der Waals surface area contributed by atoms with Gasteiger partial charge in [-0.05, 0) is 80.9 Å². The molecular formula is C27H35N5O2. The van der Waals surface area contributed by atoms with Gasteiger partial charge in [0.2, 0.25) is 0 Å². The average Bonchev–Trinajstić information content (AvgIpc) is 3.42. The number of aromatic amines is 1. The summed E-state index contributed by atoms with van der Waals surface area (Å²) in [5.41, 5.74) is 5.18. The number of aromatic nitrogens is 3. The number of benzene rings is 2. The number of carbonyl (C=O) groups excluding carboxylic acids is 1. The monoisotopic (exact) mass is 461 g/mol. The third-order valence-corrected chi connectivity index (χ3v) is 6.68. The fourth-order valence-electron chi connectivity index (χ4n) is 4.90. The Morgan fingerprint density at radius 2 is 2.03 bits per heavy atom. The standard InChI is InChI=1S/C27H35N5O2/c1-3-16-32(23-13-14-24-22(18-23)7-6-8-26(24)34-2)17-5-4-15-28-27(33)21-11-9-20(10-12-21)25-19-29-31-30-25/h6-12,19,23H,3-5,13-18H2,1-2H3,(H,28,33)(H,29,30,31)/t23-/m1/s1. The fraction of sp³-hybridized carbons (Fsp3) is 0.444. The molecule has 0 bridgehead atoms. The summed E-state index contributed by atoms with van der Waals surface area (Å²) in [6.45, 7) is 5.13. The molecule has 2 N–H and O–H groups in total. The zero-order valence-corrected chi connectivity index (χ0v) is 20.2. The van der Waals surface area contributed by atoms with Crippen molar-refractivity contribution < 1.29 is 9.53 Å². The predicted molar refractivity (Wildman–Crippen MR) is 134 cm³/mol. The smallest absolute Gasteiger partial charge is 0.251 e. The van der Waals surface area contributed by atoms with Gasteiger partial charge in [0, 0.05) is 29.9 Å². The minimum Gasteiger partial charge on any atom is -0.496 e. The Balaban J connectivity index is 1.22. The van der Waals surface area contributed by atoms with E-state index in [1.54, 1.807) is 13.3 Å². The number of unbranched alkanes of at least 4 members (excludes halogenated alkanes) is 1. The lowest BCUT2D eigenvalue weighted by atomic mass is 9.86. The van der Waals surface area contributed by atoms with E-state index in [2.05, 4.69) is 50.8 Å². The molecule has 7 nitrogen and oxygen atoms in total. The second-order valence-electron chi connectivity index (χ2n) is 8.93. The maximum Gasteiger partial charge on any atom is 0.251 e. The molecule has 7 heteroatoms. The van der Waals surface area contributed by atoms with E-state index in [1.165, 1.54) is 17.5 Å². The summed E-state index contributed by atoms with van der Waals surface area (Å²) in [5, 5.41) is 13.5. The van der Waals surface area contributed by atoms with Crippen LogP contribution in [0, 0.1) is 0 Å². The fourth-order valence-corrected chi connectivity index (χ4v) is 4.90. The average molecular weight is 462 g/mol. The number of fused-ring (bicyclic) bond motifs is 1. The zero-order chi connectivity index (χ0) is 23.8. The molecule has 1 amide bonds. The number of methoxy groups -OCH3 is 1. The van der Waals surface area contributed by atoms with Crippen molar-refractivity contribution in [3.05, 3.63) is 65.4 Å². The molecule has 1 aromatic heterocycles. The van der Waals surface area contributed by atoms with Crippen LogP contribution in [0.2, 0.25) is 0 Å². The molecule has 34 heavy (non-hydrogen) atoms. The van der Waals surface area contributed by atoms with Crippen LogP contribution in [-0.2, 0) is 12.8 Å². The molecule has 0 radical (unpaired) electrons. The minimum atomic E-state index is -0.0325. The van der Waals surface area contributed by atoms with Crippen LogP contribution in [-0.4, -0.2) is 59.0 Å². The minimum absolute atomic E-state index is 0.0325. The zero-order valence-electron chi connectivity index (χ0n) is 20.2. The molecule has 0 saturated carbocycles. The van der Waals surface area contributed by atoms with Crippen LogP contribution in [0.3, 0.4) is 0 Å². The van der Waals surface area contributed by atoms with Gasteiger partial charge < -0.3 is 15.0 Å². The van der Waals surface area contributed by atoms with Gasteiger partial charge in [-0.3, -0.25) is 9.89 Å². The van der Waals surface area contributed by atoms with E-state index in [0.29, 0.717) is 18.2 Å². The number of hydrogen-bond acceptors (Lipinski definition) is 5. The number of carbonyl (C=O) groups is 1. The van der Waals surface area contributed by atoms with E-state index >= 15 is 0 Å². The van der Waals surface area contributed by atoms with E-state index in [1.807, 2.05) is 24.3 Å². The highest BCUT2D eigenvalue weighted by Gasteiger charge is 2.25. The highest BCUT2D eigenvalue weighted by molar-refractivity contribution is 5.94. The Labute approximate surface area is 201 Å². The van der Waals surface area contributed by atoms with E-state index in [0.717, 1.165) is 62.2 Å². The lowest BCUT2D eigenvalue weighted by Gasteiger charge is -2.35. The lowest BCUT2D eigenvalue weighted by molar-refractivity contribution is 0.0952. The van der Waals surface area contributed by atoms with E-state index < -0.39 is 0 Å². The van der Waals surface area contributed by atoms with Crippen LogP contribution in [0.15, 0.2) is 48.7 Å². The van der Waals surface area contributed by atoms with Crippen molar-refractivity contribution >= 4 is 5.91 Å². The van der Waals surface area contributed by atoms with Gasteiger partial charge >= 0.3 is 0 Å². The maximum absolute atomic E-state index is 12.5. The highest BCUT2D eigenvalue weighted by Crippen LogP contribution is 2.31. The van der Waals surface area contributed by atoms with Crippen molar-refractivity contribution in [2.75, 3.05) is 26.7 Å². The van der Waals surface area contributed by atoms with Gasteiger partial charge in [-0.15, -0.1) is 5.10 Å².